The number of esters is 2. The Bertz CT molecular complexity index is 1560. The molecule has 4 saturated carbocycles. The van der Waals surface area contributed by atoms with E-state index in [0.29, 0.717) is 31.3 Å². The molecular weight excluding hydrogens is 721 g/mol. The van der Waals surface area contributed by atoms with Crippen LogP contribution >= 0.6 is 0 Å². The molecule has 9 nitrogen and oxygen atoms in total. The molecular formula is C48H82O9. The first-order valence-electron chi connectivity index (χ1n) is 20.9. The lowest BCUT2D eigenvalue weighted by molar-refractivity contribution is -0.263. The Hall–Kier alpha value is -2.33. The van der Waals surface area contributed by atoms with Gasteiger partial charge in [0.15, 0.2) is 5.78 Å². The fraction of sp³-hybridized carbons (Fsp3) is 0.812. The van der Waals surface area contributed by atoms with Crippen molar-refractivity contribution in [2.24, 2.45) is 56.2 Å². The van der Waals surface area contributed by atoms with Gasteiger partial charge in [-0.1, -0.05) is 94.0 Å². The highest BCUT2D eigenvalue weighted by molar-refractivity contribution is 5.92. The largest absolute Gasteiger partial charge is 0.462 e. The maximum absolute atomic E-state index is 13.0. The summed E-state index contributed by atoms with van der Waals surface area (Å²) < 4.78 is 11.9. The zero-order chi connectivity index (χ0) is 41.7. The van der Waals surface area contributed by atoms with E-state index in [9.17, 15) is 34.8 Å². The van der Waals surface area contributed by atoms with E-state index in [1.54, 1.807) is 19.9 Å². The number of Topliss-reactive ketones (excluding diaryl/α,β-unsaturated/α-hetero) is 1. The van der Waals surface area contributed by atoms with Crippen LogP contribution in [-0.2, 0) is 23.9 Å². The smallest absolute Gasteiger partial charge is 0.333 e. The molecule has 4 fully saturated rings. The molecule has 0 amide bonds. The van der Waals surface area contributed by atoms with Crippen molar-refractivity contribution in [1.29, 1.82) is 0 Å². The van der Waals surface area contributed by atoms with Gasteiger partial charge in [-0.25, -0.2) is 4.79 Å². The fourth-order valence-corrected chi connectivity index (χ4v) is 12.2. The van der Waals surface area contributed by atoms with Crippen LogP contribution in [0.2, 0.25) is 0 Å². The predicted octanol–water partition coefficient (Wildman–Crippen LogP) is 8.95. The minimum Gasteiger partial charge on any atom is -0.462 e. The monoisotopic (exact) mass is 803 g/mol. The minimum absolute atomic E-state index is 0. The number of carbonyl (C=O) groups excluding carboxylic acids is 3. The molecule has 4 unspecified atom stereocenters. The van der Waals surface area contributed by atoms with Crippen LogP contribution in [0.3, 0.4) is 0 Å². The average molecular weight is 803 g/mol. The summed E-state index contributed by atoms with van der Waals surface area (Å²) in [5.41, 5.74) is -0.524. The van der Waals surface area contributed by atoms with Crippen LogP contribution in [0.15, 0.2) is 34.9 Å². The fourth-order valence-electron chi connectivity index (χ4n) is 12.2. The molecule has 5 aliphatic carbocycles. The molecule has 0 aromatic heterocycles. The van der Waals surface area contributed by atoms with Crippen LogP contribution in [0.4, 0.5) is 0 Å². The topological polar surface area (TPSA) is 151 Å². The summed E-state index contributed by atoms with van der Waals surface area (Å²) in [5.74, 6) is -0.725. The van der Waals surface area contributed by atoms with Crippen molar-refractivity contribution >= 4 is 17.7 Å². The Morgan fingerprint density at radius 1 is 0.877 bits per heavy atom. The van der Waals surface area contributed by atoms with E-state index >= 15 is 0 Å². The first-order valence-corrected chi connectivity index (χ1v) is 20.9. The van der Waals surface area contributed by atoms with Gasteiger partial charge in [0.1, 0.15) is 12.2 Å². The molecule has 0 saturated heterocycles. The molecule has 13 atom stereocenters. The van der Waals surface area contributed by atoms with E-state index < -0.39 is 52.7 Å². The second-order valence-corrected chi connectivity index (χ2v) is 19.8. The Balaban J connectivity index is 0.00000114. The first-order chi connectivity index (χ1) is 25.4. The standard InChI is InChI=1S/C40H64O8.C6H10O.2CH4/c1-11-23(3)33(45)47-22-37(8)27-15-18-38(9)28(36(27,7)17-16-29(37)42)14-13-25-26-19-35(5,6)32(48-34(46)24(4)12-2)31(44)40(26,21-41)30(43)20-39(25,38)10;1-4-5(2)6(3)7;;/h11,13,24,26-32,41-44H,12,14-22H2,1-10H3;4H,1-3H3;2*1H4/b23-11+;5-4+;;/t24?,26?,27?,28?,29-,30+,31-,32-,36-,37+,38+,39+,40-;;;/m0.../s1. The molecule has 0 heterocycles. The lowest BCUT2D eigenvalue weighted by atomic mass is 9.33. The summed E-state index contributed by atoms with van der Waals surface area (Å²) in [4.78, 5) is 36.0. The van der Waals surface area contributed by atoms with Crippen molar-refractivity contribution in [3.05, 3.63) is 34.9 Å². The number of allylic oxidation sites excluding steroid dienone is 5. The molecule has 0 spiro atoms. The molecule has 4 N–H and O–H groups in total. The molecule has 5 rings (SSSR count). The highest BCUT2D eigenvalue weighted by Crippen LogP contribution is 2.75. The maximum Gasteiger partial charge on any atom is 0.333 e. The quantitative estimate of drug-likeness (QED) is 0.107. The van der Waals surface area contributed by atoms with E-state index in [0.717, 1.165) is 31.3 Å². The summed E-state index contributed by atoms with van der Waals surface area (Å²) in [6, 6.07) is 0. The predicted molar refractivity (Wildman–Crippen MR) is 228 cm³/mol. The lowest BCUT2D eigenvalue weighted by Crippen LogP contribution is -2.72. The van der Waals surface area contributed by atoms with Crippen molar-refractivity contribution in [1.82, 2.24) is 0 Å². The number of hydrogen-bond donors (Lipinski definition) is 4. The molecule has 0 aromatic carbocycles. The molecule has 328 valence electrons. The van der Waals surface area contributed by atoms with Gasteiger partial charge >= 0.3 is 11.9 Å². The van der Waals surface area contributed by atoms with E-state index in [4.69, 9.17) is 9.47 Å². The van der Waals surface area contributed by atoms with Crippen molar-refractivity contribution in [3.63, 3.8) is 0 Å². The van der Waals surface area contributed by atoms with Crippen LogP contribution in [-0.4, -0.2) is 75.8 Å². The molecule has 0 aliphatic heterocycles. The molecule has 9 heteroatoms. The van der Waals surface area contributed by atoms with E-state index in [2.05, 4.69) is 33.8 Å². The summed E-state index contributed by atoms with van der Waals surface area (Å²) in [5, 5.41) is 47.0. The SMILES string of the molecule is C.C.C/C=C(\C)C(=O)OC[C@]1(C)C2CC[C@]3(C)C(CC=C4C5CC(C)(C)[C@@H](OC(=O)C(C)CC)[C@H](O)[C@]5(CO)[C@H](O)C[C@]43C)[C@@]2(C)CC[C@@H]1O.C/C=C(\C)C(C)=O. The minimum atomic E-state index is -1.24. The highest BCUT2D eigenvalue weighted by Gasteiger charge is 2.73. The van der Waals surface area contributed by atoms with Gasteiger partial charge in [0.2, 0.25) is 0 Å². The second kappa shape index (κ2) is 18.1. The molecule has 0 aromatic rings. The third-order valence-electron chi connectivity index (χ3n) is 16.7. The third-order valence-corrected chi connectivity index (χ3v) is 16.7. The normalized spacial score (nSPS) is 41.3. The number of rotatable bonds is 8. The van der Waals surface area contributed by atoms with Crippen molar-refractivity contribution in [2.45, 2.75) is 181 Å². The van der Waals surface area contributed by atoms with Gasteiger partial charge in [0.05, 0.1) is 36.8 Å². The van der Waals surface area contributed by atoms with Crippen LogP contribution in [0.1, 0.15) is 156 Å². The van der Waals surface area contributed by atoms with Crippen molar-refractivity contribution in [3.8, 4) is 0 Å². The van der Waals surface area contributed by atoms with E-state index in [-0.39, 0.29) is 73.7 Å². The number of ketones is 1. The average Bonchev–Trinajstić information content (AvgIpc) is 3.13. The van der Waals surface area contributed by atoms with Crippen molar-refractivity contribution in [2.75, 3.05) is 13.2 Å². The maximum atomic E-state index is 13.0. The summed E-state index contributed by atoms with van der Waals surface area (Å²) in [6.45, 7) is 25.6. The number of aliphatic hydroxyl groups is 4. The van der Waals surface area contributed by atoms with Gasteiger partial charge in [-0.15, -0.1) is 0 Å². The number of ether oxygens (including phenoxy) is 2. The first kappa shape index (κ1) is 50.8. The number of hydrogen-bond acceptors (Lipinski definition) is 9. The number of aliphatic hydroxyl groups excluding tert-OH is 4. The Kier molecular flexibility index (Phi) is 16.1. The van der Waals surface area contributed by atoms with Crippen molar-refractivity contribution < 1.29 is 44.3 Å². The Morgan fingerprint density at radius 2 is 1.47 bits per heavy atom. The van der Waals surface area contributed by atoms with Crippen LogP contribution in [0, 0.1) is 56.2 Å². The summed E-state index contributed by atoms with van der Waals surface area (Å²) in [6.07, 6.45) is 7.98. The molecule has 57 heavy (non-hydrogen) atoms. The summed E-state index contributed by atoms with van der Waals surface area (Å²) in [7, 11) is 0. The number of fused-ring (bicyclic) bond motifs is 7. The highest BCUT2D eigenvalue weighted by atomic mass is 16.6. The summed E-state index contributed by atoms with van der Waals surface area (Å²) >= 11 is 0. The van der Waals surface area contributed by atoms with Gasteiger partial charge in [0.25, 0.3) is 0 Å². The third kappa shape index (κ3) is 8.14. The van der Waals surface area contributed by atoms with E-state index in [1.807, 2.05) is 54.5 Å². The second-order valence-electron chi connectivity index (χ2n) is 19.8. The van der Waals surface area contributed by atoms with Gasteiger partial charge in [-0.3, -0.25) is 9.59 Å². The lowest BCUT2D eigenvalue weighted by Gasteiger charge is -2.72. The zero-order valence-electron chi connectivity index (χ0n) is 36.3. The Labute approximate surface area is 346 Å². The molecule has 0 bridgehead atoms. The van der Waals surface area contributed by atoms with Gasteiger partial charge in [0, 0.05) is 16.4 Å². The van der Waals surface area contributed by atoms with Crippen LogP contribution in [0.5, 0.6) is 0 Å². The van der Waals surface area contributed by atoms with Gasteiger partial charge in [-0.05, 0) is 126 Å². The molecule has 0 radical (unpaired) electrons. The van der Waals surface area contributed by atoms with Crippen LogP contribution < -0.4 is 0 Å². The van der Waals surface area contributed by atoms with Crippen LogP contribution in [0.25, 0.3) is 0 Å². The van der Waals surface area contributed by atoms with Gasteiger partial charge < -0.3 is 29.9 Å². The van der Waals surface area contributed by atoms with Gasteiger partial charge in [-0.2, -0.15) is 0 Å². The Morgan fingerprint density at radius 3 is 1.98 bits per heavy atom. The zero-order valence-corrected chi connectivity index (χ0v) is 36.3. The van der Waals surface area contributed by atoms with E-state index in [1.165, 1.54) is 5.57 Å². The number of carbonyl (C=O) groups is 3. The molecule has 5 aliphatic rings.